The first-order valence-electron chi connectivity index (χ1n) is 5.45. The number of nitrogens with zero attached hydrogens (tertiary/aromatic N) is 1. The highest BCUT2D eigenvalue weighted by Gasteiger charge is 2.16. The van der Waals surface area contributed by atoms with Crippen LogP contribution in [-0.4, -0.2) is 28.9 Å². The summed E-state index contributed by atoms with van der Waals surface area (Å²) in [5.74, 6) is 0.445. The van der Waals surface area contributed by atoms with Crippen LogP contribution in [0.15, 0.2) is 22.7 Å². The molecule has 1 amide bonds. The molecule has 0 saturated heterocycles. The Morgan fingerprint density at radius 2 is 2.32 bits per heavy atom. The maximum atomic E-state index is 11.8. The number of nitrogens with one attached hydrogen (secondary N) is 1. The normalized spacial score (nSPS) is 11.9. The molecule has 6 nitrogen and oxygen atoms in total. The van der Waals surface area contributed by atoms with Gasteiger partial charge in [-0.15, -0.1) is 0 Å². The zero-order valence-electron chi connectivity index (χ0n) is 10.3. The third kappa shape index (κ3) is 4.81. The van der Waals surface area contributed by atoms with Crippen LogP contribution in [0.2, 0.25) is 0 Å². The summed E-state index contributed by atoms with van der Waals surface area (Å²) in [6.45, 7) is 0. The van der Waals surface area contributed by atoms with Crippen molar-refractivity contribution in [2.45, 2.75) is 12.5 Å². The van der Waals surface area contributed by atoms with Gasteiger partial charge in [-0.2, -0.15) is 11.8 Å². The lowest BCUT2D eigenvalue weighted by atomic mass is 10.2. The van der Waals surface area contributed by atoms with Crippen molar-refractivity contribution in [1.82, 2.24) is 0 Å². The number of halogens is 1. The molecule has 0 radical (unpaired) electrons. The molecule has 0 aliphatic heterocycles. The minimum absolute atomic E-state index is 0.101. The number of hydrogen-bond donors (Lipinski definition) is 2. The maximum Gasteiger partial charge on any atom is 0.285 e. The number of anilines is 1. The molecule has 19 heavy (non-hydrogen) atoms. The number of carbonyl (C=O) groups is 1. The van der Waals surface area contributed by atoms with Crippen LogP contribution in [0.3, 0.4) is 0 Å². The topological polar surface area (TPSA) is 98.3 Å². The van der Waals surface area contributed by atoms with Crippen LogP contribution in [0, 0.1) is 10.1 Å². The van der Waals surface area contributed by atoms with Crippen molar-refractivity contribution in [2.75, 3.05) is 17.3 Å². The molecule has 1 aromatic carbocycles. The van der Waals surface area contributed by atoms with Gasteiger partial charge in [0.15, 0.2) is 0 Å². The Labute approximate surface area is 123 Å². The molecule has 0 aromatic heterocycles. The van der Waals surface area contributed by atoms with Gasteiger partial charge in [-0.1, -0.05) is 0 Å². The molecule has 3 N–H and O–H groups in total. The highest BCUT2D eigenvalue weighted by Crippen LogP contribution is 2.27. The van der Waals surface area contributed by atoms with Crippen molar-refractivity contribution in [1.29, 1.82) is 0 Å². The number of nitro groups is 1. The van der Waals surface area contributed by atoms with Gasteiger partial charge in [0, 0.05) is 11.8 Å². The molecule has 0 aliphatic rings. The molecule has 0 heterocycles. The van der Waals surface area contributed by atoms with Crippen molar-refractivity contribution in [2.24, 2.45) is 5.73 Å². The molecule has 104 valence electrons. The fourth-order valence-electron chi connectivity index (χ4n) is 1.34. The minimum atomic E-state index is -0.616. The van der Waals surface area contributed by atoms with Gasteiger partial charge < -0.3 is 11.1 Å². The van der Waals surface area contributed by atoms with E-state index in [0.717, 1.165) is 5.75 Å². The van der Waals surface area contributed by atoms with Crippen LogP contribution in [0.1, 0.15) is 6.42 Å². The molecule has 1 atom stereocenters. The van der Waals surface area contributed by atoms with Crippen LogP contribution < -0.4 is 11.1 Å². The van der Waals surface area contributed by atoms with Crippen molar-refractivity contribution in [3.05, 3.63) is 32.8 Å². The Balaban J connectivity index is 2.74. The van der Waals surface area contributed by atoms with E-state index in [1.807, 2.05) is 6.26 Å². The fourth-order valence-corrected chi connectivity index (χ4v) is 2.22. The van der Waals surface area contributed by atoms with Gasteiger partial charge in [-0.25, -0.2) is 0 Å². The van der Waals surface area contributed by atoms with Crippen LogP contribution in [0.4, 0.5) is 11.4 Å². The number of carbonyl (C=O) groups excluding carboxylic acids is 1. The quantitative estimate of drug-likeness (QED) is 0.608. The number of amides is 1. The Hall–Kier alpha value is -1.12. The van der Waals surface area contributed by atoms with Gasteiger partial charge in [0.1, 0.15) is 0 Å². The van der Waals surface area contributed by atoms with E-state index in [-0.39, 0.29) is 11.6 Å². The van der Waals surface area contributed by atoms with E-state index < -0.39 is 11.0 Å². The lowest BCUT2D eigenvalue weighted by molar-refractivity contribution is -0.385. The number of benzene rings is 1. The monoisotopic (exact) mass is 347 g/mol. The number of thioether (sulfide) groups is 1. The summed E-state index contributed by atoms with van der Waals surface area (Å²) in [5.41, 5.74) is 5.97. The Bertz CT molecular complexity index is 484. The molecule has 1 rings (SSSR count). The second-order valence-corrected chi connectivity index (χ2v) is 5.64. The van der Waals surface area contributed by atoms with Crippen molar-refractivity contribution >= 4 is 45.0 Å². The summed E-state index contributed by atoms with van der Waals surface area (Å²) >= 11 is 4.69. The Morgan fingerprint density at radius 3 is 2.89 bits per heavy atom. The zero-order valence-corrected chi connectivity index (χ0v) is 12.7. The molecule has 0 spiro atoms. The average Bonchev–Trinajstić information content (AvgIpc) is 2.37. The molecule has 0 saturated carbocycles. The first-order valence-corrected chi connectivity index (χ1v) is 7.63. The molecule has 0 fully saturated rings. The first kappa shape index (κ1) is 15.9. The van der Waals surface area contributed by atoms with Gasteiger partial charge in [0.05, 0.1) is 15.4 Å². The zero-order chi connectivity index (χ0) is 14.4. The van der Waals surface area contributed by atoms with Crippen LogP contribution in [0.25, 0.3) is 0 Å². The summed E-state index contributed by atoms with van der Waals surface area (Å²) in [4.78, 5) is 22.0. The predicted molar refractivity (Wildman–Crippen MR) is 80.4 cm³/mol. The van der Waals surface area contributed by atoms with Crippen molar-refractivity contribution in [3.8, 4) is 0 Å². The lowest BCUT2D eigenvalue weighted by Gasteiger charge is -2.11. The van der Waals surface area contributed by atoms with Gasteiger partial charge >= 0.3 is 0 Å². The average molecular weight is 348 g/mol. The summed E-state index contributed by atoms with van der Waals surface area (Å²) in [5, 5.41) is 13.3. The van der Waals surface area contributed by atoms with E-state index in [9.17, 15) is 14.9 Å². The van der Waals surface area contributed by atoms with E-state index >= 15 is 0 Å². The van der Waals surface area contributed by atoms with Gasteiger partial charge in [-0.3, -0.25) is 14.9 Å². The van der Waals surface area contributed by atoms with Gasteiger partial charge in [-0.05, 0) is 46.5 Å². The van der Waals surface area contributed by atoms with Crippen LogP contribution in [0.5, 0.6) is 0 Å². The lowest BCUT2D eigenvalue weighted by Crippen LogP contribution is -2.36. The molecule has 0 bridgehead atoms. The molecular formula is C11H14BrN3O3S. The smallest absolute Gasteiger partial charge is 0.285 e. The third-order valence-corrected chi connectivity index (χ3v) is 3.69. The third-order valence-electron chi connectivity index (χ3n) is 2.38. The standard InChI is InChI=1S/C11H14BrN3O3S/c1-19-5-4-9(13)11(16)14-7-2-3-8(12)10(6-7)15(17)18/h2-3,6,9H,4-5,13H2,1H3,(H,14,16)/t9-/m1/s1. The summed E-state index contributed by atoms with van der Waals surface area (Å²) in [7, 11) is 0. The SMILES string of the molecule is CSCC[C@@H](N)C(=O)Nc1ccc(Br)c([N+](=O)[O-])c1. The predicted octanol–water partition coefficient (Wildman–Crippen LogP) is 2.38. The molecule has 0 aliphatic carbocycles. The maximum absolute atomic E-state index is 11.8. The number of nitrogens with two attached hydrogens (primary N) is 1. The van der Waals surface area contributed by atoms with Crippen LogP contribution >= 0.6 is 27.7 Å². The second kappa shape index (κ2) is 7.46. The molecule has 0 unspecified atom stereocenters. The molecule has 1 aromatic rings. The fraction of sp³-hybridized carbons (Fsp3) is 0.364. The number of rotatable bonds is 6. The summed E-state index contributed by atoms with van der Waals surface area (Å²) in [6.07, 6.45) is 2.49. The Kier molecular flexibility index (Phi) is 6.26. The summed E-state index contributed by atoms with van der Waals surface area (Å²) in [6, 6.07) is 3.77. The highest BCUT2D eigenvalue weighted by molar-refractivity contribution is 9.10. The van der Waals surface area contributed by atoms with E-state index in [2.05, 4.69) is 21.2 Å². The molecular weight excluding hydrogens is 334 g/mol. The number of nitro benzene ring substituents is 1. The molecule has 8 heteroatoms. The Morgan fingerprint density at radius 1 is 1.63 bits per heavy atom. The van der Waals surface area contributed by atoms with E-state index in [4.69, 9.17) is 5.73 Å². The van der Waals surface area contributed by atoms with Crippen molar-refractivity contribution in [3.63, 3.8) is 0 Å². The van der Waals surface area contributed by atoms with Gasteiger partial charge in [0.25, 0.3) is 5.69 Å². The van der Waals surface area contributed by atoms with Gasteiger partial charge in [0.2, 0.25) is 5.91 Å². The van der Waals surface area contributed by atoms with Crippen molar-refractivity contribution < 1.29 is 9.72 Å². The largest absolute Gasteiger partial charge is 0.324 e. The number of hydrogen-bond acceptors (Lipinski definition) is 5. The van der Waals surface area contributed by atoms with E-state index in [1.54, 1.807) is 17.8 Å². The van der Waals surface area contributed by atoms with E-state index in [1.165, 1.54) is 12.1 Å². The second-order valence-electron chi connectivity index (χ2n) is 3.80. The minimum Gasteiger partial charge on any atom is -0.324 e. The highest BCUT2D eigenvalue weighted by atomic mass is 79.9. The van der Waals surface area contributed by atoms with Crippen LogP contribution in [-0.2, 0) is 4.79 Å². The first-order chi connectivity index (χ1) is 8.95. The van der Waals surface area contributed by atoms with E-state index in [0.29, 0.717) is 16.6 Å². The summed E-state index contributed by atoms with van der Waals surface area (Å²) < 4.78 is 0.363.